The lowest BCUT2D eigenvalue weighted by Crippen LogP contribution is -2.15. The van der Waals surface area contributed by atoms with Crippen LogP contribution in [0, 0.1) is 6.92 Å². The second-order valence-corrected chi connectivity index (χ2v) is 6.34. The Kier molecular flexibility index (Phi) is 3.45. The molecule has 1 aromatic carbocycles. The fourth-order valence-electron chi connectivity index (χ4n) is 1.56. The van der Waals surface area contributed by atoms with E-state index in [0.717, 1.165) is 5.69 Å². The fourth-order valence-corrected chi connectivity index (χ4v) is 3.64. The van der Waals surface area contributed by atoms with Crippen molar-refractivity contribution in [1.82, 2.24) is 9.78 Å². The van der Waals surface area contributed by atoms with Crippen LogP contribution >= 0.6 is 15.9 Å². The topological polar surface area (TPSA) is 64.0 Å². The van der Waals surface area contributed by atoms with Gasteiger partial charge in [-0.3, -0.25) is 9.40 Å². The second kappa shape index (κ2) is 4.74. The molecule has 7 heteroatoms. The van der Waals surface area contributed by atoms with Gasteiger partial charge in [-0.25, -0.2) is 8.42 Å². The predicted molar refractivity (Wildman–Crippen MR) is 72.9 cm³/mol. The molecule has 0 atom stereocenters. The van der Waals surface area contributed by atoms with Crippen LogP contribution in [-0.4, -0.2) is 18.2 Å². The molecule has 2 rings (SSSR count). The van der Waals surface area contributed by atoms with E-state index in [4.69, 9.17) is 0 Å². The summed E-state index contributed by atoms with van der Waals surface area (Å²) in [5, 5.41) is 4.09. The van der Waals surface area contributed by atoms with Crippen molar-refractivity contribution in [2.75, 3.05) is 4.72 Å². The third-order valence-electron chi connectivity index (χ3n) is 2.37. The number of anilines is 1. The molecular weight excluding hydrogens is 318 g/mol. The summed E-state index contributed by atoms with van der Waals surface area (Å²) in [4.78, 5) is 0.198. The van der Waals surface area contributed by atoms with Crippen LogP contribution in [0.4, 0.5) is 5.82 Å². The molecule has 0 saturated heterocycles. The number of rotatable bonds is 3. The second-order valence-electron chi connectivity index (χ2n) is 3.83. The molecule has 1 N–H and O–H groups in total. The Labute approximate surface area is 114 Å². The van der Waals surface area contributed by atoms with Gasteiger partial charge in [0.05, 0.1) is 5.69 Å². The summed E-state index contributed by atoms with van der Waals surface area (Å²) in [5.41, 5.74) is 0.752. The highest BCUT2D eigenvalue weighted by molar-refractivity contribution is 9.10. The monoisotopic (exact) mass is 329 g/mol. The molecule has 2 aromatic rings. The lowest BCUT2D eigenvalue weighted by molar-refractivity contribution is 0.599. The van der Waals surface area contributed by atoms with Gasteiger partial charge >= 0.3 is 0 Å². The molecule has 18 heavy (non-hydrogen) atoms. The van der Waals surface area contributed by atoms with Crippen molar-refractivity contribution in [3.05, 3.63) is 40.5 Å². The minimum absolute atomic E-state index is 0.198. The maximum Gasteiger partial charge on any atom is 0.264 e. The molecule has 0 fully saturated rings. The molecule has 1 heterocycles. The lowest BCUT2D eigenvalue weighted by atomic mass is 10.4. The van der Waals surface area contributed by atoms with Crippen LogP contribution in [0.5, 0.6) is 0 Å². The van der Waals surface area contributed by atoms with E-state index in [9.17, 15) is 8.42 Å². The van der Waals surface area contributed by atoms with E-state index in [2.05, 4.69) is 25.8 Å². The van der Waals surface area contributed by atoms with Crippen molar-refractivity contribution >= 4 is 31.8 Å². The molecule has 96 valence electrons. The van der Waals surface area contributed by atoms with Crippen molar-refractivity contribution in [1.29, 1.82) is 0 Å². The van der Waals surface area contributed by atoms with Crippen molar-refractivity contribution in [2.45, 2.75) is 11.8 Å². The molecule has 5 nitrogen and oxygen atoms in total. The molecule has 0 bridgehead atoms. The number of halogens is 1. The van der Waals surface area contributed by atoms with Crippen molar-refractivity contribution in [3.8, 4) is 0 Å². The number of hydrogen-bond acceptors (Lipinski definition) is 3. The fraction of sp³-hybridized carbons (Fsp3) is 0.182. The summed E-state index contributed by atoms with van der Waals surface area (Å²) in [5.74, 6) is 0.434. The van der Waals surface area contributed by atoms with Gasteiger partial charge in [-0.15, -0.1) is 0 Å². The summed E-state index contributed by atoms with van der Waals surface area (Å²) in [6.45, 7) is 1.80. The van der Waals surface area contributed by atoms with Gasteiger partial charge in [0.1, 0.15) is 10.7 Å². The quantitative estimate of drug-likeness (QED) is 0.939. The van der Waals surface area contributed by atoms with E-state index >= 15 is 0 Å². The van der Waals surface area contributed by atoms with Gasteiger partial charge in [-0.05, 0) is 35.0 Å². The Bertz CT molecular complexity index is 679. The minimum Gasteiger partial charge on any atom is -0.264 e. The number of benzene rings is 1. The summed E-state index contributed by atoms with van der Waals surface area (Å²) in [6, 6.07) is 8.33. The van der Waals surface area contributed by atoms with E-state index in [0.29, 0.717) is 10.3 Å². The number of nitrogens with zero attached hydrogens (tertiary/aromatic N) is 2. The van der Waals surface area contributed by atoms with Crippen LogP contribution in [0.3, 0.4) is 0 Å². The lowest BCUT2D eigenvalue weighted by Gasteiger charge is -2.09. The van der Waals surface area contributed by atoms with Gasteiger partial charge in [0, 0.05) is 17.6 Å². The van der Waals surface area contributed by atoms with Gasteiger partial charge in [0.2, 0.25) is 0 Å². The SMILES string of the molecule is Cc1cc(NS(=O)(=O)c2ccccc2Br)n(C)n1. The highest BCUT2D eigenvalue weighted by Crippen LogP contribution is 2.23. The minimum atomic E-state index is -3.61. The third-order valence-corrected chi connectivity index (χ3v) is 4.73. The Hall–Kier alpha value is -1.34. The third kappa shape index (κ3) is 2.56. The molecule has 0 radical (unpaired) electrons. The largest absolute Gasteiger partial charge is 0.264 e. The molecule has 0 aliphatic rings. The van der Waals surface area contributed by atoms with Crippen molar-refractivity contribution in [2.24, 2.45) is 7.05 Å². The van der Waals surface area contributed by atoms with E-state index in [-0.39, 0.29) is 4.90 Å². The Morgan fingerprint density at radius 3 is 2.56 bits per heavy atom. The standard InChI is InChI=1S/C11H12BrN3O2S/c1-8-7-11(15(2)13-8)14-18(16,17)10-6-4-3-5-9(10)12/h3-7,14H,1-2H3. The Balaban J connectivity index is 2.39. The van der Waals surface area contributed by atoms with Gasteiger partial charge < -0.3 is 0 Å². The Morgan fingerprint density at radius 2 is 2.00 bits per heavy atom. The van der Waals surface area contributed by atoms with Crippen LogP contribution in [0.25, 0.3) is 0 Å². The predicted octanol–water partition coefficient (Wildman–Crippen LogP) is 2.29. The van der Waals surface area contributed by atoms with Crippen LogP contribution in [0.1, 0.15) is 5.69 Å². The van der Waals surface area contributed by atoms with Gasteiger partial charge in [-0.2, -0.15) is 5.10 Å². The molecule has 0 amide bonds. The zero-order chi connectivity index (χ0) is 13.3. The Morgan fingerprint density at radius 1 is 1.33 bits per heavy atom. The number of hydrogen-bond donors (Lipinski definition) is 1. The number of aryl methyl sites for hydroxylation is 2. The molecule has 0 spiro atoms. The highest BCUT2D eigenvalue weighted by Gasteiger charge is 2.18. The number of aromatic nitrogens is 2. The van der Waals surface area contributed by atoms with E-state index in [1.165, 1.54) is 10.7 Å². The zero-order valence-electron chi connectivity index (χ0n) is 9.88. The van der Waals surface area contributed by atoms with Crippen LogP contribution in [0.2, 0.25) is 0 Å². The van der Waals surface area contributed by atoms with Crippen LogP contribution < -0.4 is 4.72 Å². The van der Waals surface area contributed by atoms with E-state index in [1.54, 1.807) is 38.2 Å². The van der Waals surface area contributed by atoms with Crippen molar-refractivity contribution < 1.29 is 8.42 Å². The van der Waals surface area contributed by atoms with Crippen LogP contribution in [-0.2, 0) is 17.1 Å². The van der Waals surface area contributed by atoms with E-state index < -0.39 is 10.0 Å². The van der Waals surface area contributed by atoms with Gasteiger partial charge in [0.15, 0.2) is 0 Å². The molecule has 0 saturated carbocycles. The summed E-state index contributed by atoms with van der Waals surface area (Å²) >= 11 is 3.23. The first-order chi connectivity index (χ1) is 8.40. The zero-order valence-corrected chi connectivity index (χ0v) is 12.3. The van der Waals surface area contributed by atoms with Crippen LogP contribution in [0.15, 0.2) is 39.7 Å². The number of nitrogens with one attached hydrogen (secondary N) is 1. The maximum absolute atomic E-state index is 12.2. The molecule has 0 unspecified atom stereocenters. The maximum atomic E-state index is 12.2. The molecular formula is C11H12BrN3O2S. The normalized spacial score (nSPS) is 11.5. The first kappa shape index (κ1) is 13.1. The summed E-state index contributed by atoms with van der Waals surface area (Å²) < 4.78 is 28.9. The molecule has 1 aromatic heterocycles. The van der Waals surface area contributed by atoms with Gasteiger partial charge in [-0.1, -0.05) is 12.1 Å². The smallest absolute Gasteiger partial charge is 0.264 e. The summed E-state index contributed by atoms with van der Waals surface area (Å²) in [6.07, 6.45) is 0. The highest BCUT2D eigenvalue weighted by atomic mass is 79.9. The first-order valence-corrected chi connectivity index (χ1v) is 7.46. The average Bonchev–Trinajstić information content (AvgIpc) is 2.57. The first-order valence-electron chi connectivity index (χ1n) is 5.18. The molecule has 0 aliphatic heterocycles. The van der Waals surface area contributed by atoms with Crippen molar-refractivity contribution in [3.63, 3.8) is 0 Å². The average molecular weight is 330 g/mol. The summed E-state index contributed by atoms with van der Waals surface area (Å²) in [7, 11) is -1.93. The molecule has 0 aliphatic carbocycles. The van der Waals surface area contributed by atoms with E-state index in [1.807, 2.05) is 0 Å². The van der Waals surface area contributed by atoms with Gasteiger partial charge in [0.25, 0.3) is 10.0 Å². The number of sulfonamides is 1.